The fourth-order valence-electron chi connectivity index (χ4n) is 2.39. The van der Waals surface area contributed by atoms with Gasteiger partial charge < -0.3 is 9.99 Å². The molecule has 0 unspecified atom stereocenters. The van der Waals surface area contributed by atoms with Crippen LogP contribution in [0.4, 0.5) is 11.4 Å². The molecule has 0 saturated heterocycles. The van der Waals surface area contributed by atoms with Gasteiger partial charge >= 0.3 is 0 Å². The molecular weight excluding hydrogens is 267 g/mol. The number of benzene rings is 1. The quantitative estimate of drug-likeness (QED) is 0.645. The summed E-state index contributed by atoms with van der Waals surface area (Å²) in [5, 5.41) is 4.07. The van der Waals surface area contributed by atoms with Crippen LogP contribution in [-0.2, 0) is 4.79 Å². The Hall–Kier alpha value is -1.08. The molecule has 0 atom stereocenters. The van der Waals surface area contributed by atoms with E-state index in [-0.39, 0.29) is 10.3 Å². The van der Waals surface area contributed by atoms with Crippen LogP contribution in [0, 0.1) is 0 Å². The van der Waals surface area contributed by atoms with E-state index in [0.29, 0.717) is 0 Å². The molecule has 0 fully saturated rings. The van der Waals surface area contributed by atoms with E-state index in [2.05, 4.69) is 46.6 Å². The van der Waals surface area contributed by atoms with Crippen LogP contribution in [0.25, 0.3) is 0 Å². The number of carbonyl (C=O) groups excluding carboxylic acids is 1. The first-order valence-electron chi connectivity index (χ1n) is 6.91. The maximum atomic E-state index is 11.0. The van der Waals surface area contributed by atoms with Crippen LogP contribution in [0.3, 0.4) is 0 Å². The molecule has 0 heterocycles. The maximum absolute atomic E-state index is 11.0. The van der Waals surface area contributed by atoms with Gasteiger partial charge in [0.1, 0.15) is 0 Å². The molecular formula is C16H27N2OP. The van der Waals surface area contributed by atoms with Crippen LogP contribution in [0.5, 0.6) is 0 Å². The number of amides is 1. The van der Waals surface area contributed by atoms with Crippen molar-refractivity contribution < 1.29 is 4.79 Å². The predicted molar refractivity (Wildman–Crippen MR) is 91.0 cm³/mol. The molecule has 1 aromatic carbocycles. The van der Waals surface area contributed by atoms with Gasteiger partial charge in [0.15, 0.2) is 0 Å². The van der Waals surface area contributed by atoms with Crippen molar-refractivity contribution in [2.24, 2.45) is 0 Å². The van der Waals surface area contributed by atoms with E-state index in [0.717, 1.165) is 17.8 Å². The van der Waals surface area contributed by atoms with E-state index < -0.39 is 8.07 Å². The van der Waals surface area contributed by atoms with E-state index in [1.807, 2.05) is 24.3 Å². The fourth-order valence-corrected chi connectivity index (χ4v) is 5.51. The summed E-state index contributed by atoms with van der Waals surface area (Å²) in [4.78, 5) is 12.7. The smallest absolute Gasteiger partial charge is 0.213 e. The zero-order valence-corrected chi connectivity index (χ0v) is 14.6. The number of carbonyl (C=O) groups is 1. The van der Waals surface area contributed by atoms with Gasteiger partial charge in [0.2, 0.25) is 6.41 Å². The van der Waals surface area contributed by atoms with Crippen molar-refractivity contribution in [3.05, 3.63) is 24.3 Å². The van der Waals surface area contributed by atoms with Crippen molar-refractivity contribution in [1.82, 2.24) is 0 Å². The van der Waals surface area contributed by atoms with E-state index in [1.54, 1.807) is 11.9 Å². The highest BCUT2D eigenvalue weighted by atomic mass is 31.1. The molecule has 1 rings (SSSR count). The SMILES string of the molecule is CN(C=O)c1ccccc1NP(C(C)(C)C)C(C)(C)C. The minimum atomic E-state index is -0.458. The van der Waals surface area contributed by atoms with Gasteiger partial charge in [-0.25, -0.2) is 0 Å². The Kier molecular flexibility index (Phi) is 5.21. The topological polar surface area (TPSA) is 32.3 Å². The molecule has 0 aromatic heterocycles. The van der Waals surface area contributed by atoms with E-state index in [1.165, 1.54) is 0 Å². The molecule has 0 aliphatic heterocycles. The number of nitrogens with one attached hydrogen (secondary N) is 1. The molecule has 0 spiro atoms. The van der Waals surface area contributed by atoms with Crippen molar-refractivity contribution >= 4 is 25.9 Å². The third kappa shape index (κ3) is 4.21. The Balaban J connectivity index is 3.16. The highest BCUT2D eigenvalue weighted by Crippen LogP contribution is 2.59. The summed E-state index contributed by atoms with van der Waals surface area (Å²) in [6, 6.07) is 7.97. The predicted octanol–water partition coefficient (Wildman–Crippen LogP) is 4.69. The molecule has 0 saturated carbocycles. The lowest BCUT2D eigenvalue weighted by Gasteiger charge is -2.42. The van der Waals surface area contributed by atoms with Gasteiger partial charge in [-0.1, -0.05) is 53.7 Å². The molecule has 1 N–H and O–H groups in total. The molecule has 0 aliphatic carbocycles. The molecule has 3 nitrogen and oxygen atoms in total. The lowest BCUT2D eigenvalue weighted by Crippen LogP contribution is -2.29. The van der Waals surface area contributed by atoms with Crippen LogP contribution in [0.1, 0.15) is 41.5 Å². The minimum Gasteiger partial charge on any atom is -0.361 e. The zero-order valence-electron chi connectivity index (χ0n) is 13.7. The minimum absolute atomic E-state index is 0.181. The Morgan fingerprint density at radius 3 is 2.00 bits per heavy atom. The first-order chi connectivity index (χ1) is 9.07. The summed E-state index contributed by atoms with van der Waals surface area (Å²) >= 11 is 0. The van der Waals surface area contributed by atoms with Crippen LogP contribution >= 0.6 is 8.07 Å². The average molecular weight is 294 g/mol. The number of hydrogen-bond donors (Lipinski definition) is 1. The third-order valence-corrected chi connectivity index (χ3v) is 6.16. The standard InChI is InChI=1S/C16H27N2OP/c1-15(2,3)20(16(4,5)6)17-13-10-8-9-11-14(13)18(7)12-19/h8-12,17H,1-7H3. The Labute approximate surface area is 124 Å². The van der Waals surface area contributed by atoms with Gasteiger partial charge in [-0.15, -0.1) is 0 Å². The second kappa shape index (κ2) is 6.13. The van der Waals surface area contributed by atoms with Crippen LogP contribution in [0.15, 0.2) is 24.3 Å². The number of rotatable bonds is 4. The molecule has 1 aromatic rings. The van der Waals surface area contributed by atoms with Crippen molar-refractivity contribution in [1.29, 1.82) is 0 Å². The average Bonchev–Trinajstić information content (AvgIpc) is 2.32. The highest BCUT2D eigenvalue weighted by Gasteiger charge is 2.35. The summed E-state index contributed by atoms with van der Waals surface area (Å²) in [5.74, 6) is 0. The van der Waals surface area contributed by atoms with E-state index >= 15 is 0 Å². The van der Waals surface area contributed by atoms with Crippen molar-refractivity contribution in [2.45, 2.75) is 51.9 Å². The molecule has 20 heavy (non-hydrogen) atoms. The van der Waals surface area contributed by atoms with Gasteiger partial charge in [0.05, 0.1) is 11.4 Å². The Morgan fingerprint density at radius 1 is 1.05 bits per heavy atom. The first-order valence-corrected chi connectivity index (χ1v) is 8.25. The van der Waals surface area contributed by atoms with Crippen molar-refractivity contribution in [2.75, 3.05) is 17.0 Å². The van der Waals surface area contributed by atoms with Crippen LogP contribution in [0.2, 0.25) is 0 Å². The maximum Gasteiger partial charge on any atom is 0.213 e. The normalized spacial score (nSPS) is 12.4. The number of anilines is 2. The Bertz CT molecular complexity index is 446. The van der Waals surface area contributed by atoms with E-state index in [9.17, 15) is 4.79 Å². The molecule has 1 amide bonds. The zero-order chi connectivity index (χ0) is 15.6. The van der Waals surface area contributed by atoms with Crippen LogP contribution < -0.4 is 9.99 Å². The van der Waals surface area contributed by atoms with Gasteiger partial charge in [-0.05, 0) is 20.2 Å². The van der Waals surface area contributed by atoms with Crippen molar-refractivity contribution in [3.63, 3.8) is 0 Å². The third-order valence-electron chi connectivity index (χ3n) is 3.02. The molecule has 0 aliphatic rings. The van der Waals surface area contributed by atoms with Gasteiger partial charge in [-0.2, -0.15) is 0 Å². The fraction of sp³-hybridized carbons (Fsp3) is 0.562. The summed E-state index contributed by atoms with van der Waals surface area (Å²) in [5.41, 5.74) is 1.95. The largest absolute Gasteiger partial charge is 0.361 e. The van der Waals surface area contributed by atoms with Gasteiger partial charge in [0.25, 0.3) is 0 Å². The lowest BCUT2D eigenvalue weighted by molar-refractivity contribution is -0.107. The molecule has 112 valence electrons. The Morgan fingerprint density at radius 2 is 1.55 bits per heavy atom. The van der Waals surface area contributed by atoms with Gasteiger partial charge in [0, 0.05) is 17.4 Å². The molecule has 0 bridgehead atoms. The highest BCUT2D eigenvalue weighted by molar-refractivity contribution is 7.62. The van der Waals surface area contributed by atoms with Crippen molar-refractivity contribution in [3.8, 4) is 0 Å². The monoisotopic (exact) mass is 294 g/mol. The second-order valence-electron chi connectivity index (χ2n) is 7.02. The number of nitrogens with zero attached hydrogens (tertiary/aromatic N) is 1. The summed E-state index contributed by atoms with van der Waals surface area (Å²) in [6.07, 6.45) is 0.844. The molecule has 4 heteroatoms. The summed E-state index contributed by atoms with van der Waals surface area (Å²) in [7, 11) is 1.32. The summed E-state index contributed by atoms with van der Waals surface area (Å²) < 4.78 is 0. The van der Waals surface area contributed by atoms with E-state index in [4.69, 9.17) is 0 Å². The second-order valence-corrected chi connectivity index (χ2v) is 10.6. The van der Waals surface area contributed by atoms with Crippen LogP contribution in [-0.4, -0.2) is 23.8 Å². The summed E-state index contributed by atoms with van der Waals surface area (Å²) in [6.45, 7) is 13.6. The number of hydrogen-bond acceptors (Lipinski definition) is 2. The van der Waals surface area contributed by atoms with Gasteiger partial charge in [-0.3, -0.25) is 4.79 Å². The first kappa shape index (κ1) is 17.0. The number of para-hydroxylation sites is 2. The lowest BCUT2D eigenvalue weighted by atomic mass is 10.2. The molecule has 0 radical (unpaired) electrons.